The minimum atomic E-state index is -1.70. The van der Waals surface area contributed by atoms with Crippen LogP contribution in [0.2, 0.25) is 0 Å². The van der Waals surface area contributed by atoms with E-state index in [4.69, 9.17) is 23.5 Å². The highest BCUT2D eigenvalue weighted by atomic mass is 19.1. The zero-order valence-corrected chi connectivity index (χ0v) is 19.9. The average Bonchev–Trinajstić information content (AvgIpc) is 3.31. The summed E-state index contributed by atoms with van der Waals surface area (Å²) in [6.45, 7) is 0. The van der Waals surface area contributed by atoms with E-state index in [1.165, 1.54) is 24.5 Å². The summed E-state index contributed by atoms with van der Waals surface area (Å²) in [7, 11) is 16.8. The number of hydrogen-bond acceptors (Lipinski definition) is 4. The summed E-state index contributed by atoms with van der Waals surface area (Å²) in [4.78, 5) is 24.8. The third-order valence-corrected chi connectivity index (χ3v) is 7.69. The molecule has 6 radical (unpaired) electrons. The Kier molecular flexibility index (Phi) is 5.44. The van der Waals surface area contributed by atoms with Crippen molar-refractivity contribution in [3.63, 3.8) is 0 Å². The monoisotopic (exact) mass is 487 g/mol. The minimum Gasteiger partial charge on any atom is -0.349 e. The standard InChI is InChI=1S/C26H21B3FN5O2/c27-26(28,29)35-13-16(12-31-35)18-6-5-14(7-21(18)30)23(36)32-17-10-25(11-17)8-15(9-25)22-19-3-1-2-4-20(19)24(37)34-33-22/h1-7,12-13,15,17H,8-11H2,(H,32,36)(H,34,37). The molecule has 2 fully saturated rings. The fraction of sp³-hybridized carbons (Fsp3) is 0.308. The Hall–Kier alpha value is -3.62. The lowest BCUT2D eigenvalue weighted by Crippen LogP contribution is -2.55. The van der Waals surface area contributed by atoms with E-state index >= 15 is 0 Å². The smallest absolute Gasteiger partial charge is 0.272 e. The number of aromatic nitrogens is 4. The van der Waals surface area contributed by atoms with Gasteiger partial charge in [0, 0.05) is 40.2 Å². The van der Waals surface area contributed by atoms with E-state index in [2.05, 4.69) is 20.6 Å². The van der Waals surface area contributed by atoms with Crippen LogP contribution in [0.4, 0.5) is 4.39 Å². The Balaban J connectivity index is 1.07. The van der Waals surface area contributed by atoms with E-state index < -0.39 is 11.1 Å². The van der Waals surface area contributed by atoms with Crippen molar-refractivity contribution in [2.45, 2.75) is 42.9 Å². The molecule has 178 valence electrons. The fourth-order valence-corrected chi connectivity index (χ4v) is 5.88. The summed E-state index contributed by atoms with van der Waals surface area (Å²) in [6, 6.07) is 11.9. The van der Waals surface area contributed by atoms with Crippen LogP contribution in [0.1, 0.15) is 47.7 Å². The quantitative estimate of drug-likeness (QED) is 0.424. The fourth-order valence-electron chi connectivity index (χ4n) is 5.88. The van der Waals surface area contributed by atoms with Crippen molar-refractivity contribution in [3.05, 3.63) is 82.3 Å². The molecule has 0 bridgehead atoms. The molecule has 0 atom stereocenters. The third-order valence-electron chi connectivity index (χ3n) is 7.69. The molecule has 37 heavy (non-hydrogen) atoms. The topological polar surface area (TPSA) is 92.7 Å². The molecule has 2 aliphatic rings. The van der Waals surface area contributed by atoms with Gasteiger partial charge in [0.05, 0.1) is 40.8 Å². The lowest BCUT2D eigenvalue weighted by Gasteiger charge is -2.57. The maximum atomic E-state index is 14.8. The van der Waals surface area contributed by atoms with E-state index in [0.29, 0.717) is 10.9 Å². The Morgan fingerprint density at radius 2 is 1.84 bits per heavy atom. The van der Waals surface area contributed by atoms with Crippen molar-refractivity contribution < 1.29 is 9.18 Å². The number of nitrogens with one attached hydrogen (secondary N) is 2. The number of carbonyl (C=O) groups is 1. The van der Waals surface area contributed by atoms with E-state index in [1.54, 1.807) is 6.07 Å². The number of rotatable bonds is 5. The summed E-state index contributed by atoms with van der Waals surface area (Å²) >= 11 is 0. The normalized spacial score (nSPS) is 22.9. The summed E-state index contributed by atoms with van der Waals surface area (Å²) in [5, 5.41) is 13.8. The molecule has 0 unspecified atom stereocenters. The SMILES string of the molecule is [B]C([B])([B])n1cc(-c2ccc(C(=O)NC3CC4(C3)CC(c3n[nH]c(=O)c5ccccc35)C4)cc2F)cn1. The molecule has 6 rings (SSSR count). The first kappa shape index (κ1) is 23.8. The summed E-state index contributed by atoms with van der Waals surface area (Å²) in [5.74, 6) is -0.584. The van der Waals surface area contributed by atoms with Crippen molar-refractivity contribution in [3.8, 4) is 11.1 Å². The summed E-state index contributed by atoms with van der Waals surface area (Å²) in [5.41, 5.74) is 1.89. The molecule has 1 spiro atoms. The van der Waals surface area contributed by atoms with Gasteiger partial charge in [-0.1, -0.05) is 24.3 Å². The van der Waals surface area contributed by atoms with E-state index in [-0.39, 0.29) is 40.0 Å². The number of halogens is 1. The van der Waals surface area contributed by atoms with Gasteiger partial charge in [0.25, 0.3) is 11.5 Å². The third kappa shape index (κ3) is 4.20. The van der Waals surface area contributed by atoms with E-state index in [9.17, 15) is 14.0 Å². The zero-order chi connectivity index (χ0) is 25.9. The molecule has 2 heterocycles. The van der Waals surface area contributed by atoms with Crippen molar-refractivity contribution in [2.75, 3.05) is 0 Å². The van der Waals surface area contributed by atoms with E-state index in [1.807, 2.05) is 24.3 Å². The van der Waals surface area contributed by atoms with E-state index in [0.717, 1.165) is 41.4 Å². The van der Waals surface area contributed by atoms with Crippen LogP contribution in [-0.4, -0.2) is 55.5 Å². The molecule has 7 nitrogen and oxygen atoms in total. The van der Waals surface area contributed by atoms with Gasteiger partial charge in [-0.25, -0.2) is 9.49 Å². The van der Waals surface area contributed by atoms with Gasteiger partial charge in [0.1, 0.15) is 5.82 Å². The predicted molar refractivity (Wildman–Crippen MR) is 140 cm³/mol. The maximum absolute atomic E-state index is 14.8. The first-order chi connectivity index (χ1) is 17.6. The zero-order valence-electron chi connectivity index (χ0n) is 19.9. The van der Waals surface area contributed by atoms with Gasteiger partial charge in [-0.05, 0) is 54.5 Å². The van der Waals surface area contributed by atoms with Gasteiger partial charge < -0.3 is 5.32 Å². The maximum Gasteiger partial charge on any atom is 0.272 e. The molecule has 2 aliphatic carbocycles. The number of nitrogens with zero attached hydrogens (tertiary/aromatic N) is 3. The first-order valence-corrected chi connectivity index (χ1v) is 12.1. The van der Waals surface area contributed by atoms with Gasteiger partial charge in [0.15, 0.2) is 0 Å². The van der Waals surface area contributed by atoms with Crippen LogP contribution in [0.5, 0.6) is 0 Å². The molecular weight excluding hydrogens is 466 g/mol. The molecule has 0 saturated heterocycles. The van der Waals surface area contributed by atoms with Gasteiger partial charge in [-0.15, -0.1) is 0 Å². The molecule has 4 aromatic rings. The Bertz CT molecular complexity index is 1580. The van der Waals surface area contributed by atoms with Crippen molar-refractivity contribution in [1.29, 1.82) is 0 Å². The van der Waals surface area contributed by atoms with Crippen LogP contribution < -0.4 is 10.9 Å². The average molecular weight is 487 g/mol. The number of hydrogen-bond donors (Lipinski definition) is 2. The number of amides is 1. The molecule has 11 heteroatoms. The summed E-state index contributed by atoms with van der Waals surface area (Å²) in [6.07, 6.45) is 6.53. The van der Waals surface area contributed by atoms with Gasteiger partial charge in [0.2, 0.25) is 0 Å². The number of H-pyrrole nitrogens is 1. The summed E-state index contributed by atoms with van der Waals surface area (Å²) < 4.78 is 16.0. The van der Waals surface area contributed by atoms with Crippen LogP contribution in [-0.2, 0) is 5.24 Å². The second-order valence-corrected chi connectivity index (χ2v) is 10.4. The lowest BCUT2D eigenvalue weighted by molar-refractivity contribution is -0.0196. The number of benzene rings is 2. The minimum absolute atomic E-state index is 0.0430. The highest BCUT2D eigenvalue weighted by molar-refractivity contribution is 6.56. The highest BCUT2D eigenvalue weighted by Gasteiger charge is 2.54. The van der Waals surface area contributed by atoms with Crippen LogP contribution >= 0.6 is 0 Å². The predicted octanol–water partition coefficient (Wildman–Crippen LogP) is 2.46. The van der Waals surface area contributed by atoms with Gasteiger partial charge >= 0.3 is 0 Å². The van der Waals surface area contributed by atoms with Gasteiger partial charge in [-0.3, -0.25) is 14.3 Å². The lowest BCUT2D eigenvalue weighted by atomic mass is 9.49. The van der Waals surface area contributed by atoms with Crippen LogP contribution in [0, 0.1) is 11.2 Å². The Morgan fingerprint density at radius 1 is 1.11 bits per heavy atom. The first-order valence-electron chi connectivity index (χ1n) is 12.1. The highest BCUT2D eigenvalue weighted by Crippen LogP contribution is 2.62. The molecule has 2 aromatic carbocycles. The van der Waals surface area contributed by atoms with Crippen LogP contribution in [0.3, 0.4) is 0 Å². The number of aromatic amines is 1. The molecule has 0 aliphatic heterocycles. The molecule has 2 saturated carbocycles. The largest absolute Gasteiger partial charge is 0.349 e. The molecule has 2 N–H and O–H groups in total. The second kappa shape index (κ2) is 8.47. The number of carbonyl (C=O) groups excluding carboxylic acids is 1. The van der Waals surface area contributed by atoms with Crippen molar-refractivity contribution in [2.24, 2.45) is 5.41 Å². The molecular formula is C26H21B3FN5O2. The van der Waals surface area contributed by atoms with Gasteiger partial charge in [-0.2, -0.15) is 10.2 Å². The molecule has 1 amide bonds. The molecule has 2 aromatic heterocycles. The Morgan fingerprint density at radius 3 is 2.51 bits per heavy atom. The second-order valence-electron chi connectivity index (χ2n) is 10.4. The Labute approximate surface area is 216 Å². The van der Waals surface area contributed by atoms with Crippen LogP contribution in [0.25, 0.3) is 21.9 Å². The number of fused-ring (bicyclic) bond motifs is 1. The van der Waals surface area contributed by atoms with Crippen LogP contribution in [0.15, 0.2) is 59.7 Å². The van der Waals surface area contributed by atoms with Crippen molar-refractivity contribution >= 4 is 40.2 Å². The van der Waals surface area contributed by atoms with Crippen molar-refractivity contribution in [1.82, 2.24) is 25.3 Å².